The second-order valence-corrected chi connectivity index (χ2v) is 6.33. The highest BCUT2D eigenvalue weighted by Crippen LogP contribution is 2.18. The highest BCUT2D eigenvalue weighted by Gasteiger charge is 2.26. The minimum absolute atomic E-state index is 0.0299. The van der Waals surface area contributed by atoms with E-state index in [1.165, 1.54) is 4.57 Å². The molecular weight excluding hydrogens is 334 g/mol. The van der Waals surface area contributed by atoms with E-state index in [-0.39, 0.29) is 18.6 Å². The van der Waals surface area contributed by atoms with Gasteiger partial charge in [0.05, 0.1) is 12.1 Å². The summed E-state index contributed by atoms with van der Waals surface area (Å²) in [6.07, 6.45) is 5.05. The fourth-order valence-corrected chi connectivity index (χ4v) is 3.27. The standard InChI is InChI=1S/C19H19N3O4/c23-18(13-22-16-5-1-2-6-17(16)26-19(22)24)21-11-3-4-15(12-21)25-14-7-9-20-10-8-14/h1-2,5-10,15H,3-4,11-13H2. The fourth-order valence-electron chi connectivity index (χ4n) is 3.27. The summed E-state index contributed by atoms with van der Waals surface area (Å²) in [4.78, 5) is 30.5. The van der Waals surface area contributed by atoms with Crippen LogP contribution < -0.4 is 10.5 Å². The van der Waals surface area contributed by atoms with Crippen molar-refractivity contribution in [2.75, 3.05) is 13.1 Å². The Labute approximate surface area is 149 Å². The maximum Gasteiger partial charge on any atom is 0.420 e. The fraction of sp³-hybridized carbons (Fsp3) is 0.316. The third-order valence-corrected chi connectivity index (χ3v) is 4.55. The molecule has 1 aromatic carbocycles. The SMILES string of the molecule is O=C(Cn1c(=O)oc2ccccc21)N1CCCC(Oc2ccncc2)C1. The van der Waals surface area contributed by atoms with Crippen molar-refractivity contribution in [3.8, 4) is 5.75 Å². The van der Waals surface area contributed by atoms with Gasteiger partial charge >= 0.3 is 5.76 Å². The predicted octanol–water partition coefficient (Wildman–Crippen LogP) is 2.06. The van der Waals surface area contributed by atoms with Crippen LogP contribution in [0.25, 0.3) is 11.1 Å². The van der Waals surface area contributed by atoms with Crippen molar-refractivity contribution in [2.24, 2.45) is 0 Å². The lowest BCUT2D eigenvalue weighted by atomic mass is 10.1. The van der Waals surface area contributed by atoms with Crippen LogP contribution in [-0.4, -0.2) is 39.6 Å². The van der Waals surface area contributed by atoms with Gasteiger partial charge in [-0.1, -0.05) is 12.1 Å². The molecule has 0 saturated carbocycles. The molecule has 4 rings (SSSR count). The molecule has 0 spiro atoms. The Morgan fingerprint density at radius 1 is 1.23 bits per heavy atom. The van der Waals surface area contributed by atoms with Gasteiger partial charge in [-0.25, -0.2) is 4.79 Å². The highest BCUT2D eigenvalue weighted by atomic mass is 16.5. The van der Waals surface area contributed by atoms with E-state index in [1.54, 1.807) is 47.6 Å². The Balaban J connectivity index is 1.46. The van der Waals surface area contributed by atoms with Crippen LogP contribution in [0.5, 0.6) is 5.75 Å². The number of ether oxygens (including phenoxy) is 1. The van der Waals surface area contributed by atoms with E-state index in [0.717, 1.165) is 18.6 Å². The Kier molecular flexibility index (Phi) is 4.43. The number of pyridine rings is 1. The molecule has 3 heterocycles. The van der Waals surface area contributed by atoms with Gasteiger partial charge in [0.25, 0.3) is 0 Å². The third-order valence-electron chi connectivity index (χ3n) is 4.55. The number of carbonyl (C=O) groups excluding carboxylic acids is 1. The molecule has 0 aliphatic carbocycles. The monoisotopic (exact) mass is 353 g/mol. The molecule has 0 radical (unpaired) electrons. The minimum atomic E-state index is -0.513. The summed E-state index contributed by atoms with van der Waals surface area (Å²) in [5, 5.41) is 0. The zero-order valence-corrected chi connectivity index (χ0v) is 14.2. The summed E-state index contributed by atoms with van der Waals surface area (Å²) in [7, 11) is 0. The summed E-state index contributed by atoms with van der Waals surface area (Å²) in [6.45, 7) is 1.14. The zero-order valence-electron chi connectivity index (χ0n) is 14.2. The molecule has 3 aromatic rings. The van der Waals surface area contributed by atoms with Crippen LogP contribution in [0.2, 0.25) is 0 Å². The number of fused-ring (bicyclic) bond motifs is 1. The topological polar surface area (TPSA) is 77.6 Å². The molecule has 134 valence electrons. The summed E-state index contributed by atoms with van der Waals surface area (Å²) in [5.74, 6) is 0.124. The number of piperidine rings is 1. The van der Waals surface area contributed by atoms with Gasteiger partial charge in [0.1, 0.15) is 18.4 Å². The number of hydrogen-bond donors (Lipinski definition) is 0. The Hall–Kier alpha value is -3.09. The van der Waals surface area contributed by atoms with Crippen molar-refractivity contribution in [3.63, 3.8) is 0 Å². The summed E-state index contributed by atoms with van der Waals surface area (Å²) in [6, 6.07) is 10.7. The van der Waals surface area contributed by atoms with Gasteiger partial charge in [0.2, 0.25) is 5.91 Å². The quantitative estimate of drug-likeness (QED) is 0.717. The van der Waals surface area contributed by atoms with Gasteiger partial charge in [-0.2, -0.15) is 0 Å². The molecule has 1 saturated heterocycles. The van der Waals surface area contributed by atoms with E-state index in [2.05, 4.69) is 4.98 Å². The van der Waals surface area contributed by atoms with Crippen molar-refractivity contribution >= 4 is 17.0 Å². The first-order valence-electron chi connectivity index (χ1n) is 8.63. The summed E-state index contributed by atoms with van der Waals surface area (Å²) >= 11 is 0. The molecule has 1 amide bonds. The number of likely N-dealkylation sites (tertiary alicyclic amines) is 1. The van der Waals surface area contributed by atoms with Gasteiger partial charge in [-0.3, -0.25) is 14.3 Å². The molecule has 1 unspecified atom stereocenters. The average molecular weight is 353 g/mol. The van der Waals surface area contributed by atoms with Crippen molar-refractivity contribution < 1.29 is 13.9 Å². The second kappa shape index (κ2) is 7.03. The van der Waals surface area contributed by atoms with Crippen molar-refractivity contribution in [2.45, 2.75) is 25.5 Å². The molecule has 1 atom stereocenters. The van der Waals surface area contributed by atoms with E-state index >= 15 is 0 Å². The van der Waals surface area contributed by atoms with Crippen LogP contribution in [0, 0.1) is 0 Å². The molecule has 7 heteroatoms. The molecule has 0 N–H and O–H groups in total. The van der Waals surface area contributed by atoms with Crippen molar-refractivity contribution in [3.05, 3.63) is 59.3 Å². The lowest BCUT2D eigenvalue weighted by Gasteiger charge is -2.33. The zero-order chi connectivity index (χ0) is 17.9. The molecule has 1 aliphatic rings. The average Bonchev–Trinajstić information content (AvgIpc) is 2.98. The molecule has 7 nitrogen and oxygen atoms in total. The van der Waals surface area contributed by atoms with Crippen LogP contribution in [0.15, 0.2) is 58.0 Å². The Morgan fingerprint density at radius 2 is 2.04 bits per heavy atom. The number of hydrogen-bond acceptors (Lipinski definition) is 5. The molecule has 26 heavy (non-hydrogen) atoms. The van der Waals surface area contributed by atoms with E-state index in [0.29, 0.717) is 24.2 Å². The molecular formula is C19H19N3O4. The first kappa shape index (κ1) is 16.4. The van der Waals surface area contributed by atoms with E-state index in [1.807, 2.05) is 6.07 Å². The maximum absolute atomic E-state index is 12.7. The minimum Gasteiger partial charge on any atom is -0.488 e. The molecule has 2 aromatic heterocycles. The van der Waals surface area contributed by atoms with Crippen LogP contribution in [0.3, 0.4) is 0 Å². The van der Waals surface area contributed by atoms with Crippen LogP contribution >= 0.6 is 0 Å². The maximum atomic E-state index is 12.7. The largest absolute Gasteiger partial charge is 0.488 e. The molecule has 1 fully saturated rings. The van der Waals surface area contributed by atoms with Gasteiger partial charge < -0.3 is 14.1 Å². The van der Waals surface area contributed by atoms with E-state index < -0.39 is 5.76 Å². The first-order valence-corrected chi connectivity index (χ1v) is 8.63. The summed E-state index contributed by atoms with van der Waals surface area (Å²) in [5.41, 5.74) is 1.12. The van der Waals surface area contributed by atoms with Gasteiger partial charge in [0.15, 0.2) is 5.58 Å². The van der Waals surface area contributed by atoms with Crippen molar-refractivity contribution in [1.82, 2.24) is 14.5 Å². The smallest absolute Gasteiger partial charge is 0.420 e. The molecule has 1 aliphatic heterocycles. The predicted molar refractivity (Wildman–Crippen MR) is 94.9 cm³/mol. The lowest BCUT2D eigenvalue weighted by molar-refractivity contribution is -0.134. The number of carbonyl (C=O) groups is 1. The van der Waals surface area contributed by atoms with E-state index in [4.69, 9.17) is 9.15 Å². The number of oxazole rings is 1. The van der Waals surface area contributed by atoms with Crippen LogP contribution in [0.1, 0.15) is 12.8 Å². The Bertz CT molecular complexity index is 964. The third kappa shape index (κ3) is 3.33. The van der Waals surface area contributed by atoms with Gasteiger partial charge in [0, 0.05) is 18.9 Å². The number of aromatic nitrogens is 2. The van der Waals surface area contributed by atoms with Gasteiger partial charge in [-0.05, 0) is 37.1 Å². The van der Waals surface area contributed by atoms with Crippen molar-refractivity contribution in [1.29, 1.82) is 0 Å². The lowest BCUT2D eigenvalue weighted by Crippen LogP contribution is -2.46. The van der Waals surface area contributed by atoms with Gasteiger partial charge in [-0.15, -0.1) is 0 Å². The first-order chi connectivity index (χ1) is 12.7. The number of amides is 1. The summed E-state index contributed by atoms with van der Waals surface area (Å²) < 4.78 is 12.5. The number of benzene rings is 1. The van der Waals surface area contributed by atoms with Crippen LogP contribution in [0.4, 0.5) is 0 Å². The molecule has 0 bridgehead atoms. The second-order valence-electron chi connectivity index (χ2n) is 6.33. The Morgan fingerprint density at radius 3 is 2.88 bits per heavy atom. The number of para-hydroxylation sites is 2. The van der Waals surface area contributed by atoms with E-state index in [9.17, 15) is 9.59 Å². The highest BCUT2D eigenvalue weighted by molar-refractivity contribution is 5.79. The van der Waals surface area contributed by atoms with Crippen LogP contribution in [-0.2, 0) is 11.3 Å². The number of nitrogens with zero attached hydrogens (tertiary/aromatic N) is 3. The number of rotatable bonds is 4. The normalized spacial score (nSPS) is 17.4.